The molecule has 0 spiro atoms. The number of rotatable bonds is 6. The molecule has 4 rings (SSSR count). The van der Waals surface area contributed by atoms with Gasteiger partial charge in [-0.2, -0.15) is 0 Å². The van der Waals surface area contributed by atoms with Gasteiger partial charge in [0.1, 0.15) is 0 Å². The molecule has 0 atom stereocenters. The van der Waals surface area contributed by atoms with Gasteiger partial charge in [0, 0.05) is 0 Å². The number of esters is 1. The molecule has 0 N–H and O–H groups in total. The summed E-state index contributed by atoms with van der Waals surface area (Å²) in [5.41, 5.74) is 8.81. The molecule has 2 heteroatoms. The van der Waals surface area contributed by atoms with E-state index in [0.717, 1.165) is 12.0 Å². The quantitative estimate of drug-likeness (QED) is 0.280. The molecule has 0 saturated heterocycles. The summed E-state index contributed by atoms with van der Waals surface area (Å²) in [5, 5.41) is 0. The van der Waals surface area contributed by atoms with Crippen LogP contribution in [0.1, 0.15) is 85.6 Å². The molecule has 0 amide bonds. The van der Waals surface area contributed by atoms with Gasteiger partial charge in [-0.25, -0.2) is 4.79 Å². The zero-order chi connectivity index (χ0) is 24.3. The first-order valence-electron chi connectivity index (χ1n) is 12.4. The van der Waals surface area contributed by atoms with Crippen LogP contribution in [0.25, 0.3) is 11.6 Å². The molecule has 1 aliphatic rings. The Morgan fingerprint density at radius 3 is 2.09 bits per heavy atom. The Hall–Kier alpha value is -3.13. The molecule has 2 nitrogen and oxygen atoms in total. The zero-order valence-corrected chi connectivity index (χ0v) is 21.2. The highest BCUT2D eigenvalue weighted by Crippen LogP contribution is 2.46. The summed E-state index contributed by atoms with van der Waals surface area (Å²) in [5.74, 6) is -0.276. The van der Waals surface area contributed by atoms with Gasteiger partial charge >= 0.3 is 5.97 Å². The number of fused-ring (bicyclic) bond motifs is 1. The standard InChI is InChI=1S/C32H36O2/c1-6-34-30(33)25-14-12-24(13-15-25)21-27(20-23-10-8-7-9-11-23)26-16-17-28-29(22-26)32(4,5)19-18-31(28,2)3/h7-17,21-22H,6,18-20H2,1-5H3/b27-21+. The molecule has 0 radical (unpaired) electrons. The van der Waals surface area contributed by atoms with Gasteiger partial charge in [0.25, 0.3) is 0 Å². The SMILES string of the molecule is CCOC(=O)c1ccc(/C=C(\Cc2ccccc2)c2ccc3c(c2)C(C)(C)CCC3(C)C)cc1. The molecule has 34 heavy (non-hydrogen) atoms. The number of ether oxygens (including phenoxy) is 1. The fourth-order valence-corrected chi connectivity index (χ4v) is 4.97. The second-order valence-electron chi connectivity index (χ2n) is 10.7. The van der Waals surface area contributed by atoms with Crippen molar-refractivity contribution < 1.29 is 9.53 Å². The fraction of sp³-hybridized carbons (Fsp3) is 0.344. The molecule has 1 aliphatic carbocycles. The van der Waals surface area contributed by atoms with E-state index in [9.17, 15) is 4.79 Å². The van der Waals surface area contributed by atoms with Crippen LogP contribution in [-0.2, 0) is 22.0 Å². The highest BCUT2D eigenvalue weighted by atomic mass is 16.5. The van der Waals surface area contributed by atoms with Crippen LogP contribution in [0, 0.1) is 0 Å². The Bertz CT molecular complexity index is 1180. The smallest absolute Gasteiger partial charge is 0.338 e. The molecule has 0 bridgehead atoms. The first kappa shape index (κ1) is 24.0. The van der Waals surface area contributed by atoms with E-state index in [1.54, 1.807) is 0 Å². The zero-order valence-electron chi connectivity index (χ0n) is 21.2. The van der Waals surface area contributed by atoms with Gasteiger partial charge in [0.2, 0.25) is 0 Å². The summed E-state index contributed by atoms with van der Waals surface area (Å²) in [6.45, 7) is 11.7. The summed E-state index contributed by atoms with van der Waals surface area (Å²) < 4.78 is 5.13. The average molecular weight is 453 g/mol. The van der Waals surface area contributed by atoms with Gasteiger partial charge < -0.3 is 4.74 Å². The maximum Gasteiger partial charge on any atom is 0.338 e. The largest absolute Gasteiger partial charge is 0.462 e. The lowest BCUT2D eigenvalue weighted by Crippen LogP contribution is -2.33. The van der Waals surface area contributed by atoms with Gasteiger partial charge in [-0.3, -0.25) is 0 Å². The van der Waals surface area contributed by atoms with E-state index in [1.165, 1.54) is 40.7 Å². The highest BCUT2D eigenvalue weighted by molar-refractivity contribution is 5.90. The molecule has 0 saturated carbocycles. The number of benzene rings is 3. The van der Waals surface area contributed by atoms with Crippen molar-refractivity contribution >= 4 is 17.6 Å². The van der Waals surface area contributed by atoms with E-state index in [2.05, 4.69) is 82.3 Å². The number of carbonyl (C=O) groups excluding carboxylic acids is 1. The van der Waals surface area contributed by atoms with Crippen molar-refractivity contribution in [1.29, 1.82) is 0 Å². The Kier molecular flexibility index (Phi) is 6.79. The van der Waals surface area contributed by atoms with Crippen LogP contribution in [0.4, 0.5) is 0 Å². The van der Waals surface area contributed by atoms with Crippen LogP contribution in [0.5, 0.6) is 0 Å². The molecule has 176 valence electrons. The van der Waals surface area contributed by atoms with Gasteiger partial charge in [0.05, 0.1) is 12.2 Å². The molecule has 0 unspecified atom stereocenters. The third kappa shape index (κ3) is 5.17. The molecule has 3 aromatic rings. The predicted octanol–water partition coefficient (Wildman–Crippen LogP) is 8.00. The third-order valence-corrected chi connectivity index (χ3v) is 7.22. The molecule has 0 aromatic heterocycles. The van der Waals surface area contributed by atoms with Crippen molar-refractivity contribution in [3.63, 3.8) is 0 Å². The summed E-state index contributed by atoms with van der Waals surface area (Å²) in [6.07, 6.45) is 5.52. The lowest BCUT2D eigenvalue weighted by molar-refractivity contribution is 0.0526. The summed E-state index contributed by atoms with van der Waals surface area (Å²) in [6, 6.07) is 25.4. The lowest BCUT2D eigenvalue weighted by atomic mass is 9.63. The Morgan fingerprint density at radius 2 is 1.44 bits per heavy atom. The van der Waals surface area contributed by atoms with E-state index in [1.807, 2.05) is 31.2 Å². The predicted molar refractivity (Wildman–Crippen MR) is 142 cm³/mol. The van der Waals surface area contributed by atoms with Crippen molar-refractivity contribution in [3.8, 4) is 0 Å². The normalized spacial score (nSPS) is 16.6. The first-order chi connectivity index (χ1) is 16.2. The van der Waals surface area contributed by atoms with Crippen LogP contribution in [0.15, 0.2) is 72.8 Å². The molecule has 3 aromatic carbocycles. The number of carbonyl (C=O) groups is 1. The molecule has 0 heterocycles. The Balaban J connectivity index is 1.76. The summed E-state index contributed by atoms with van der Waals surface area (Å²) >= 11 is 0. The Labute approximate surface area is 204 Å². The summed E-state index contributed by atoms with van der Waals surface area (Å²) in [7, 11) is 0. The van der Waals surface area contributed by atoms with E-state index in [-0.39, 0.29) is 16.8 Å². The van der Waals surface area contributed by atoms with Crippen LogP contribution < -0.4 is 0 Å². The van der Waals surface area contributed by atoms with E-state index in [0.29, 0.717) is 12.2 Å². The second kappa shape index (κ2) is 9.62. The molecular weight excluding hydrogens is 416 g/mol. The number of hydrogen-bond donors (Lipinski definition) is 0. The van der Waals surface area contributed by atoms with Crippen molar-refractivity contribution in [2.45, 2.75) is 64.7 Å². The first-order valence-corrected chi connectivity index (χ1v) is 12.4. The average Bonchev–Trinajstić information content (AvgIpc) is 2.83. The maximum atomic E-state index is 12.1. The topological polar surface area (TPSA) is 26.3 Å². The van der Waals surface area contributed by atoms with Gasteiger partial charge in [-0.15, -0.1) is 0 Å². The Morgan fingerprint density at radius 1 is 0.824 bits per heavy atom. The molecular formula is C32H36O2. The summed E-state index contributed by atoms with van der Waals surface area (Å²) in [4.78, 5) is 12.1. The van der Waals surface area contributed by atoms with Crippen LogP contribution in [0.2, 0.25) is 0 Å². The van der Waals surface area contributed by atoms with Gasteiger partial charge in [-0.1, -0.05) is 94.4 Å². The highest BCUT2D eigenvalue weighted by Gasteiger charge is 2.37. The molecule has 0 fully saturated rings. The van der Waals surface area contributed by atoms with Crippen LogP contribution in [0.3, 0.4) is 0 Å². The van der Waals surface area contributed by atoms with Gasteiger partial charge in [0.15, 0.2) is 0 Å². The van der Waals surface area contributed by atoms with E-state index < -0.39 is 0 Å². The van der Waals surface area contributed by atoms with E-state index >= 15 is 0 Å². The van der Waals surface area contributed by atoms with Crippen LogP contribution in [-0.4, -0.2) is 12.6 Å². The lowest BCUT2D eigenvalue weighted by Gasteiger charge is -2.42. The molecule has 0 aliphatic heterocycles. The van der Waals surface area contributed by atoms with Crippen molar-refractivity contribution in [3.05, 3.63) is 106 Å². The maximum absolute atomic E-state index is 12.1. The van der Waals surface area contributed by atoms with Crippen LogP contribution >= 0.6 is 0 Å². The minimum atomic E-state index is -0.276. The monoisotopic (exact) mass is 452 g/mol. The number of hydrogen-bond acceptors (Lipinski definition) is 2. The third-order valence-electron chi connectivity index (χ3n) is 7.22. The minimum absolute atomic E-state index is 0.167. The van der Waals surface area contributed by atoms with Crippen molar-refractivity contribution in [2.75, 3.05) is 6.61 Å². The van der Waals surface area contributed by atoms with Gasteiger partial charge in [-0.05, 0) is 82.5 Å². The van der Waals surface area contributed by atoms with Crippen molar-refractivity contribution in [1.82, 2.24) is 0 Å². The van der Waals surface area contributed by atoms with E-state index in [4.69, 9.17) is 4.74 Å². The van der Waals surface area contributed by atoms with Crippen molar-refractivity contribution in [2.24, 2.45) is 0 Å². The second-order valence-corrected chi connectivity index (χ2v) is 10.7. The minimum Gasteiger partial charge on any atom is -0.462 e. The number of allylic oxidation sites excluding steroid dienone is 1. The fourth-order valence-electron chi connectivity index (χ4n) is 4.97.